The van der Waals surface area contributed by atoms with E-state index in [1.165, 1.54) is 0 Å². The van der Waals surface area contributed by atoms with Gasteiger partial charge >= 0.3 is 0 Å². The minimum atomic E-state index is -3.85. The van der Waals surface area contributed by atoms with Crippen LogP contribution in [0.4, 0.5) is 0 Å². The molecule has 2 N–H and O–H groups in total. The van der Waals surface area contributed by atoms with Crippen molar-refractivity contribution in [3.05, 3.63) is 64.2 Å². The van der Waals surface area contributed by atoms with Gasteiger partial charge in [0.25, 0.3) is 15.9 Å². The third-order valence-electron chi connectivity index (χ3n) is 3.90. The second-order valence-electron chi connectivity index (χ2n) is 5.52. The number of carbonyl (C=O) groups excluding carboxylic acids is 1. The Bertz CT molecular complexity index is 818. The van der Waals surface area contributed by atoms with Crippen LogP contribution in [0.1, 0.15) is 32.6 Å². The monoisotopic (exact) mass is 332 g/mol. The lowest BCUT2D eigenvalue weighted by molar-refractivity contribution is 0.0945. The molecule has 0 heterocycles. The molecule has 0 fully saturated rings. The maximum atomic E-state index is 12.6. The summed E-state index contributed by atoms with van der Waals surface area (Å²) in [7, 11) is -3.85. The van der Waals surface area contributed by atoms with E-state index < -0.39 is 15.9 Å². The Balaban J connectivity index is 2.29. The summed E-state index contributed by atoms with van der Waals surface area (Å²) in [6.45, 7) is 7.25. The highest BCUT2D eigenvalue weighted by atomic mass is 32.2. The zero-order valence-corrected chi connectivity index (χ0v) is 14.4. The van der Waals surface area contributed by atoms with Crippen LogP contribution in [0.5, 0.6) is 0 Å². The summed E-state index contributed by atoms with van der Waals surface area (Å²) in [6.07, 6.45) is 0. The molecule has 0 aromatic heterocycles. The van der Waals surface area contributed by atoms with Crippen LogP contribution in [-0.4, -0.2) is 14.3 Å². The molecule has 122 valence electrons. The largest absolute Gasteiger partial charge is 0.273 e. The fourth-order valence-corrected chi connectivity index (χ4v) is 3.87. The third-order valence-corrected chi connectivity index (χ3v) is 5.42. The van der Waals surface area contributed by atoms with E-state index >= 15 is 0 Å². The van der Waals surface area contributed by atoms with Gasteiger partial charge in [0.05, 0.1) is 4.90 Å². The van der Waals surface area contributed by atoms with Gasteiger partial charge in [0.2, 0.25) is 0 Å². The number of hydrazine groups is 1. The fourth-order valence-electron chi connectivity index (χ4n) is 2.41. The quantitative estimate of drug-likeness (QED) is 0.845. The number of aryl methyl sites for hydroxylation is 2. The van der Waals surface area contributed by atoms with Crippen molar-refractivity contribution in [3.8, 4) is 0 Å². The molecule has 0 aliphatic carbocycles. The molecule has 0 aliphatic heterocycles. The topological polar surface area (TPSA) is 75.3 Å². The Hall–Kier alpha value is -2.18. The molecule has 0 bridgehead atoms. The first kappa shape index (κ1) is 17.2. The first-order valence-electron chi connectivity index (χ1n) is 7.18. The maximum Gasteiger partial charge on any atom is 0.266 e. The highest BCUT2D eigenvalue weighted by Gasteiger charge is 2.22. The van der Waals surface area contributed by atoms with E-state index in [-0.39, 0.29) is 4.90 Å². The van der Waals surface area contributed by atoms with Crippen molar-refractivity contribution in [3.63, 3.8) is 0 Å². The third kappa shape index (κ3) is 3.60. The van der Waals surface area contributed by atoms with Gasteiger partial charge in [0.1, 0.15) is 0 Å². The molecule has 2 aromatic carbocycles. The lowest BCUT2D eigenvalue weighted by Gasteiger charge is -2.16. The number of hydrogen-bond acceptors (Lipinski definition) is 3. The lowest BCUT2D eigenvalue weighted by atomic mass is 10.0. The van der Waals surface area contributed by atoms with Crippen LogP contribution >= 0.6 is 0 Å². The van der Waals surface area contributed by atoms with E-state index in [4.69, 9.17) is 0 Å². The van der Waals surface area contributed by atoms with E-state index in [0.29, 0.717) is 16.7 Å². The van der Waals surface area contributed by atoms with Crippen LogP contribution in [-0.2, 0) is 10.0 Å². The summed E-state index contributed by atoms with van der Waals surface area (Å²) in [4.78, 5) is 14.4. The van der Waals surface area contributed by atoms with Crippen molar-refractivity contribution in [2.24, 2.45) is 0 Å². The molecule has 2 rings (SSSR count). The van der Waals surface area contributed by atoms with Gasteiger partial charge in [-0.3, -0.25) is 10.2 Å². The van der Waals surface area contributed by atoms with Gasteiger partial charge < -0.3 is 0 Å². The lowest BCUT2D eigenvalue weighted by Crippen LogP contribution is -2.42. The van der Waals surface area contributed by atoms with Gasteiger partial charge in [-0.2, -0.15) is 0 Å². The number of benzene rings is 2. The fraction of sp³-hybridized carbons (Fsp3) is 0.235. The first-order chi connectivity index (χ1) is 10.7. The van der Waals surface area contributed by atoms with Crippen molar-refractivity contribution < 1.29 is 13.2 Å². The molecule has 0 spiro atoms. The first-order valence-corrected chi connectivity index (χ1v) is 8.67. The van der Waals surface area contributed by atoms with Crippen molar-refractivity contribution >= 4 is 15.9 Å². The minimum Gasteiger partial charge on any atom is -0.273 e. The van der Waals surface area contributed by atoms with E-state index in [1.54, 1.807) is 44.2 Å². The summed E-state index contributed by atoms with van der Waals surface area (Å²) in [5, 5.41) is 0. The van der Waals surface area contributed by atoms with Crippen LogP contribution in [0.25, 0.3) is 0 Å². The summed E-state index contributed by atoms with van der Waals surface area (Å²) < 4.78 is 25.2. The van der Waals surface area contributed by atoms with Gasteiger partial charge in [-0.1, -0.05) is 24.3 Å². The Kier molecular flexibility index (Phi) is 4.87. The number of sulfonamides is 1. The van der Waals surface area contributed by atoms with Gasteiger partial charge in [0, 0.05) is 5.56 Å². The van der Waals surface area contributed by atoms with E-state index in [2.05, 4.69) is 10.3 Å². The van der Waals surface area contributed by atoms with Crippen molar-refractivity contribution in [1.82, 2.24) is 10.3 Å². The summed E-state index contributed by atoms with van der Waals surface area (Å²) in [5.41, 5.74) is 5.77. The molecule has 0 unspecified atom stereocenters. The molecular weight excluding hydrogens is 312 g/mol. The molecule has 0 saturated carbocycles. The van der Waals surface area contributed by atoms with Gasteiger partial charge in [0.15, 0.2) is 0 Å². The van der Waals surface area contributed by atoms with E-state index in [1.807, 2.05) is 19.9 Å². The molecular formula is C17H20N2O3S. The second kappa shape index (κ2) is 6.52. The van der Waals surface area contributed by atoms with E-state index in [0.717, 1.165) is 11.1 Å². The summed E-state index contributed by atoms with van der Waals surface area (Å²) in [6, 6.07) is 10.4. The minimum absolute atomic E-state index is 0.211. The Labute approximate surface area is 136 Å². The highest BCUT2D eigenvalue weighted by Crippen LogP contribution is 2.25. The number of amides is 1. The summed E-state index contributed by atoms with van der Waals surface area (Å²) in [5.74, 6) is -0.506. The molecule has 0 saturated heterocycles. The number of hydrogen-bond donors (Lipinski definition) is 2. The second-order valence-corrected chi connectivity index (χ2v) is 7.13. The normalized spacial score (nSPS) is 11.3. The van der Waals surface area contributed by atoms with Crippen molar-refractivity contribution in [1.29, 1.82) is 0 Å². The molecule has 2 aromatic rings. The van der Waals surface area contributed by atoms with Gasteiger partial charge in [-0.25, -0.2) is 8.42 Å². The predicted molar refractivity (Wildman–Crippen MR) is 89.6 cm³/mol. The van der Waals surface area contributed by atoms with Crippen LogP contribution in [0, 0.1) is 27.7 Å². The SMILES string of the molecule is Cc1cc(C)c(C)c(S(=O)(=O)NNC(=O)c2ccccc2)c1C. The average molecular weight is 332 g/mol. The average Bonchev–Trinajstić information content (AvgIpc) is 2.51. The summed E-state index contributed by atoms with van der Waals surface area (Å²) >= 11 is 0. The Morgan fingerprint density at radius 3 is 1.96 bits per heavy atom. The highest BCUT2D eigenvalue weighted by molar-refractivity contribution is 7.89. The van der Waals surface area contributed by atoms with Crippen LogP contribution in [0.2, 0.25) is 0 Å². The molecule has 5 nitrogen and oxygen atoms in total. The number of rotatable bonds is 4. The molecule has 0 aliphatic rings. The Morgan fingerprint density at radius 2 is 1.43 bits per heavy atom. The van der Waals surface area contributed by atoms with Crippen LogP contribution in [0.3, 0.4) is 0 Å². The number of nitrogens with one attached hydrogen (secondary N) is 2. The van der Waals surface area contributed by atoms with Crippen molar-refractivity contribution in [2.45, 2.75) is 32.6 Å². The van der Waals surface area contributed by atoms with E-state index in [9.17, 15) is 13.2 Å². The predicted octanol–water partition coefficient (Wildman–Crippen LogP) is 2.54. The maximum absolute atomic E-state index is 12.6. The van der Waals surface area contributed by atoms with Crippen molar-refractivity contribution in [2.75, 3.05) is 0 Å². The molecule has 1 amide bonds. The van der Waals surface area contributed by atoms with Crippen LogP contribution < -0.4 is 10.3 Å². The van der Waals surface area contributed by atoms with Gasteiger partial charge in [-0.15, -0.1) is 4.83 Å². The zero-order valence-electron chi connectivity index (χ0n) is 13.6. The molecule has 0 atom stereocenters. The standard InChI is InChI=1S/C17H20N2O3S/c1-11-10-12(2)14(4)16(13(11)3)23(21,22)19-18-17(20)15-8-6-5-7-9-15/h5-10,19H,1-4H3,(H,18,20). The molecule has 6 heteroatoms. The Morgan fingerprint density at radius 1 is 0.913 bits per heavy atom. The van der Waals surface area contributed by atoms with Crippen LogP contribution in [0.15, 0.2) is 41.3 Å². The number of carbonyl (C=O) groups is 1. The molecule has 23 heavy (non-hydrogen) atoms. The van der Waals surface area contributed by atoms with Gasteiger partial charge in [-0.05, 0) is 62.1 Å². The zero-order chi connectivity index (χ0) is 17.2. The smallest absolute Gasteiger partial charge is 0.266 e. The molecule has 0 radical (unpaired) electrons.